The average Bonchev–Trinajstić information content (AvgIpc) is 2.95. The van der Waals surface area contributed by atoms with E-state index in [9.17, 15) is 9.59 Å². The van der Waals surface area contributed by atoms with E-state index in [4.69, 9.17) is 5.11 Å². The van der Waals surface area contributed by atoms with Crippen molar-refractivity contribution >= 4 is 11.9 Å². The lowest BCUT2D eigenvalue weighted by Crippen LogP contribution is -2.43. The number of nitrogens with one attached hydrogen (secondary N) is 1. The molecule has 2 aromatic rings. The van der Waals surface area contributed by atoms with Crippen molar-refractivity contribution in [1.82, 2.24) is 15.1 Å². The van der Waals surface area contributed by atoms with Gasteiger partial charge in [-0.1, -0.05) is 30.3 Å². The number of amides is 1. The van der Waals surface area contributed by atoms with Gasteiger partial charge in [-0.3, -0.25) is 14.3 Å². The van der Waals surface area contributed by atoms with Gasteiger partial charge in [0.1, 0.15) is 0 Å². The maximum atomic E-state index is 12.3. The summed E-state index contributed by atoms with van der Waals surface area (Å²) in [6, 6.07) is 9.85. The number of benzene rings is 1. The highest BCUT2D eigenvalue weighted by Gasteiger charge is 2.22. The van der Waals surface area contributed by atoms with E-state index in [2.05, 4.69) is 10.4 Å². The van der Waals surface area contributed by atoms with Gasteiger partial charge in [-0.2, -0.15) is 5.10 Å². The maximum absolute atomic E-state index is 12.3. The van der Waals surface area contributed by atoms with Crippen LogP contribution in [-0.4, -0.2) is 32.3 Å². The molecule has 0 aliphatic heterocycles. The molecule has 0 saturated carbocycles. The number of aliphatic carboxylic acids is 1. The number of rotatable bonds is 7. The highest BCUT2D eigenvalue weighted by Crippen LogP contribution is 2.13. The quantitative estimate of drug-likeness (QED) is 0.821. The molecule has 0 spiro atoms. The normalized spacial score (nSPS) is 11.2. The molecule has 1 amide bonds. The topological polar surface area (TPSA) is 84.2 Å². The third-order valence-electron chi connectivity index (χ3n) is 3.50. The number of carbonyl (C=O) groups excluding carboxylic acids is 1. The second-order valence-corrected chi connectivity index (χ2v) is 6.14. The Labute approximate surface area is 135 Å². The zero-order valence-corrected chi connectivity index (χ0v) is 13.3. The molecular weight excluding hydrogens is 294 g/mol. The van der Waals surface area contributed by atoms with Gasteiger partial charge in [0, 0.05) is 18.2 Å². The predicted octanol–water partition coefficient (Wildman–Crippen LogP) is 2.30. The van der Waals surface area contributed by atoms with Gasteiger partial charge in [-0.25, -0.2) is 0 Å². The molecule has 0 atom stereocenters. The molecule has 2 rings (SSSR count). The monoisotopic (exact) mass is 315 g/mol. The Morgan fingerprint density at radius 3 is 2.61 bits per heavy atom. The molecule has 0 bridgehead atoms. The van der Waals surface area contributed by atoms with Crippen LogP contribution in [0.3, 0.4) is 0 Å². The molecule has 1 heterocycles. The maximum Gasteiger partial charge on any atom is 0.303 e. The fourth-order valence-electron chi connectivity index (χ4n) is 2.20. The van der Waals surface area contributed by atoms with Gasteiger partial charge in [-0.05, 0) is 25.8 Å². The smallest absolute Gasteiger partial charge is 0.303 e. The average molecular weight is 315 g/mol. The number of nitrogens with zero attached hydrogens (tertiary/aromatic N) is 2. The SMILES string of the molecule is CC(C)(CCC(=O)O)NC(=O)c1cnn(Cc2ccccc2)c1. The third-order valence-corrected chi connectivity index (χ3v) is 3.50. The van der Waals surface area contributed by atoms with E-state index in [1.54, 1.807) is 10.9 Å². The summed E-state index contributed by atoms with van der Waals surface area (Å²) in [4.78, 5) is 22.9. The minimum absolute atomic E-state index is 0.0144. The van der Waals surface area contributed by atoms with Gasteiger partial charge >= 0.3 is 5.97 Å². The number of carbonyl (C=O) groups is 2. The lowest BCUT2D eigenvalue weighted by Gasteiger charge is -2.25. The van der Waals surface area contributed by atoms with Crippen molar-refractivity contribution in [3.05, 3.63) is 53.9 Å². The van der Waals surface area contributed by atoms with Crippen LogP contribution in [0.15, 0.2) is 42.7 Å². The Morgan fingerprint density at radius 1 is 1.26 bits per heavy atom. The molecule has 122 valence electrons. The lowest BCUT2D eigenvalue weighted by molar-refractivity contribution is -0.137. The van der Waals surface area contributed by atoms with Crippen LogP contribution in [-0.2, 0) is 11.3 Å². The van der Waals surface area contributed by atoms with Crippen molar-refractivity contribution < 1.29 is 14.7 Å². The standard InChI is InChI=1S/C17H21N3O3/c1-17(2,9-8-15(21)22)19-16(23)14-10-18-20(12-14)11-13-6-4-3-5-7-13/h3-7,10,12H,8-9,11H2,1-2H3,(H,19,23)(H,21,22). The highest BCUT2D eigenvalue weighted by molar-refractivity contribution is 5.94. The van der Waals surface area contributed by atoms with Crippen molar-refractivity contribution in [2.24, 2.45) is 0 Å². The molecule has 1 aromatic heterocycles. The second kappa shape index (κ2) is 7.09. The summed E-state index contributed by atoms with van der Waals surface area (Å²) in [5.74, 6) is -1.12. The highest BCUT2D eigenvalue weighted by atomic mass is 16.4. The molecule has 0 unspecified atom stereocenters. The molecule has 0 radical (unpaired) electrons. The fourth-order valence-corrected chi connectivity index (χ4v) is 2.20. The summed E-state index contributed by atoms with van der Waals surface area (Å²) in [7, 11) is 0. The molecule has 2 N–H and O–H groups in total. The van der Waals surface area contributed by atoms with Crippen molar-refractivity contribution in [2.45, 2.75) is 38.8 Å². The van der Waals surface area contributed by atoms with Crippen LogP contribution in [0.4, 0.5) is 0 Å². The molecular formula is C17H21N3O3. The van der Waals surface area contributed by atoms with Crippen LogP contribution in [0, 0.1) is 0 Å². The molecule has 0 aliphatic carbocycles. The van der Waals surface area contributed by atoms with Crippen molar-refractivity contribution in [2.75, 3.05) is 0 Å². The first-order chi connectivity index (χ1) is 10.9. The summed E-state index contributed by atoms with van der Waals surface area (Å²) < 4.78 is 1.70. The van der Waals surface area contributed by atoms with E-state index in [-0.39, 0.29) is 12.3 Å². The Bertz CT molecular complexity index is 677. The van der Waals surface area contributed by atoms with Gasteiger partial charge < -0.3 is 10.4 Å². The van der Waals surface area contributed by atoms with Crippen LogP contribution in [0.1, 0.15) is 42.6 Å². The number of hydrogen-bond acceptors (Lipinski definition) is 3. The number of aromatic nitrogens is 2. The van der Waals surface area contributed by atoms with E-state index in [1.165, 1.54) is 6.20 Å². The van der Waals surface area contributed by atoms with Gasteiger partial charge in [0.2, 0.25) is 0 Å². The van der Waals surface area contributed by atoms with Crippen LogP contribution in [0.2, 0.25) is 0 Å². The van der Waals surface area contributed by atoms with Gasteiger partial charge in [0.15, 0.2) is 0 Å². The fraction of sp³-hybridized carbons (Fsp3) is 0.353. The van der Waals surface area contributed by atoms with E-state index in [1.807, 2.05) is 44.2 Å². The van der Waals surface area contributed by atoms with Crippen LogP contribution in [0.25, 0.3) is 0 Å². The van der Waals surface area contributed by atoms with E-state index in [0.29, 0.717) is 18.5 Å². The Balaban J connectivity index is 1.96. The summed E-state index contributed by atoms with van der Waals surface area (Å²) in [6.07, 6.45) is 3.59. The first-order valence-electron chi connectivity index (χ1n) is 7.46. The number of carboxylic acid groups (broad SMARTS) is 1. The Hall–Kier alpha value is -2.63. The summed E-state index contributed by atoms with van der Waals surface area (Å²) >= 11 is 0. The summed E-state index contributed by atoms with van der Waals surface area (Å²) in [6.45, 7) is 4.21. The van der Waals surface area contributed by atoms with Crippen molar-refractivity contribution in [1.29, 1.82) is 0 Å². The first kappa shape index (κ1) is 16.7. The molecule has 0 aliphatic rings. The number of hydrogen-bond donors (Lipinski definition) is 2. The van der Waals surface area contributed by atoms with E-state index in [0.717, 1.165) is 5.56 Å². The Morgan fingerprint density at radius 2 is 1.96 bits per heavy atom. The second-order valence-electron chi connectivity index (χ2n) is 6.14. The summed E-state index contributed by atoms with van der Waals surface area (Å²) in [5, 5.41) is 15.8. The molecule has 0 fully saturated rings. The van der Waals surface area contributed by atoms with E-state index >= 15 is 0 Å². The molecule has 6 nitrogen and oxygen atoms in total. The molecule has 6 heteroatoms. The van der Waals surface area contributed by atoms with Crippen LogP contribution in [0.5, 0.6) is 0 Å². The molecule has 1 aromatic carbocycles. The lowest BCUT2D eigenvalue weighted by atomic mass is 9.98. The molecule has 23 heavy (non-hydrogen) atoms. The van der Waals surface area contributed by atoms with Gasteiger partial charge in [-0.15, -0.1) is 0 Å². The van der Waals surface area contributed by atoms with E-state index < -0.39 is 11.5 Å². The zero-order valence-electron chi connectivity index (χ0n) is 13.3. The van der Waals surface area contributed by atoms with Gasteiger partial charge in [0.05, 0.1) is 18.3 Å². The van der Waals surface area contributed by atoms with Gasteiger partial charge in [0.25, 0.3) is 5.91 Å². The first-order valence-corrected chi connectivity index (χ1v) is 7.46. The number of carboxylic acids is 1. The van der Waals surface area contributed by atoms with Crippen LogP contribution >= 0.6 is 0 Å². The largest absolute Gasteiger partial charge is 0.481 e. The zero-order chi connectivity index (χ0) is 16.9. The summed E-state index contributed by atoms with van der Waals surface area (Å²) in [5.41, 5.74) is 0.977. The van der Waals surface area contributed by atoms with Crippen molar-refractivity contribution in [3.8, 4) is 0 Å². The Kier molecular flexibility index (Phi) is 5.16. The minimum atomic E-state index is -0.872. The minimum Gasteiger partial charge on any atom is -0.481 e. The third kappa shape index (κ3) is 5.25. The molecule has 0 saturated heterocycles. The van der Waals surface area contributed by atoms with Crippen LogP contribution < -0.4 is 5.32 Å². The van der Waals surface area contributed by atoms with Crippen molar-refractivity contribution in [3.63, 3.8) is 0 Å². The predicted molar refractivity (Wildman–Crippen MR) is 86.2 cm³/mol.